The molecule has 0 spiro atoms. The van der Waals surface area contributed by atoms with Gasteiger partial charge in [0, 0.05) is 15.7 Å². The minimum absolute atomic E-state index is 0.0365. The van der Waals surface area contributed by atoms with Crippen molar-refractivity contribution in [3.8, 4) is 11.8 Å². The zero-order chi connectivity index (χ0) is 25.6. The molecule has 0 saturated carbocycles. The lowest BCUT2D eigenvalue weighted by Crippen LogP contribution is -2.05. The van der Waals surface area contributed by atoms with Crippen LogP contribution >= 0.6 is 15.9 Å². The van der Waals surface area contributed by atoms with Crippen LogP contribution in [0.1, 0.15) is 36.5 Å². The summed E-state index contributed by atoms with van der Waals surface area (Å²) in [5.74, 6) is 0.806. The van der Waals surface area contributed by atoms with Gasteiger partial charge in [0.15, 0.2) is 5.82 Å². The number of azo groups is 1. The SMILES string of the molecule is CCCCOc1ccc(Nc2nc(N)c(C#N)c(C)c2/N=N/c2ccc(Br)cc2C(F)(F)F)cc1. The molecule has 0 saturated heterocycles. The summed E-state index contributed by atoms with van der Waals surface area (Å²) in [5, 5.41) is 20.4. The predicted octanol–water partition coefficient (Wildman–Crippen LogP) is 7.96. The van der Waals surface area contributed by atoms with Gasteiger partial charge in [0.05, 0.1) is 23.4 Å². The van der Waals surface area contributed by atoms with Gasteiger partial charge >= 0.3 is 6.18 Å². The number of halogens is 4. The van der Waals surface area contributed by atoms with Gasteiger partial charge in [-0.3, -0.25) is 0 Å². The Kier molecular flexibility index (Phi) is 8.30. The molecule has 2 aromatic carbocycles. The van der Waals surface area contributed by atoms with E-state index in [2.05, 4.69) is 43.4 Å². The van der Waals surface area contributed by atoms with Crippen LogP contribution in [-0.4, -0.2) is 11.6 Å². The molecule has 0 aliphatic carbocycles. The summed E-state index contributed by atoms with van der Waals surface area (Å²) in [6.07, 6.45) is -2.67. The van der Waals surface area contributed by atoms with E-state index >= 15 is 0 Å². The molecule has 0 aliphatic heterocycles. The summed E-state index contributed by atoms with van der Waals surface area (Å²) in [6, 6.07) is 12.6. The van der Waals surface area contributed by atoms with Crippen molar-refractivity contribution in [3.05, 3.63) is 63.6 Å². The highest BCUT2D eigenvalue weighted by atomic mass is 79.9. The number of rotatable bonds is 8. The number of alkyl halides is 3. The third kappa shape index (κ3) is 6.48. The van der Waals surface area contributed by atoms with Gasteiger partial charge in [0.25, 0.3) is 0 Å². The Labute approximate surface area is 209 Å². The second-order valence-electron chi connectivity index (χ2n) is 7.52. The molecule has 11 heteroatoms. The van der Waals surface area contributed by atoms with Gasteiger partial charge in [-0.1, -0.05) is 29.3 Å². The molecule has 1 aromatic heterocycles. The Morgan fingerprint density at radius 3 is 2.51 bits per heavy atom. The van der Waals surface area contributed by atoms with Crippen LogP contribution in [0.2, 0.25) is 0 Å². The molecule has 7 nitrogen and oxygen atoms in total. The normalized spacial score (nSPS) is 11.5. The van der Waals surface area contributed by atoms with Crippen LogP contribution in [0.3, 0.4) is 0 Å². The second-order valence-corrected chi connectivity index (χ2v) is 8.43. The van der Waals surface area contributed by atoms with E-state index in [4.69, 9.17) is 10.5 Å². The Balaban J connectivity index is 1.99. The first-order valence-corrected chi connectivity index (χ1v) is 11.4. The number of unbranched alkanes of at least 4 members (excludes halogenated alkanes) is 1. The summed E-state index contributed by atoms with van der Waals surface area (Å²) < 4.78 is 46.4. The highest BCUT2D eigenvalue weighted by Crippen LogP contribution is 2.40. The van der Waals surface area contributed by atoms with Gasteiger partial charge in [-0.05, 0) is 55.8 Å². The standard InChI is InChI=1S/C24H22BrF3N6O/c1-3-4-11-35-17-8-6-16(7-9-17)31-23-21(14(2)18(13-29)22(30)32-23)34-33-20-10-5-15(25)12-19(20)24(26,27)28/h5-10,12H,3-4,11H2,1-2H3,(H3,30,31,32)/b34-33+. The smallest absolute Gasteiger partial charge is 0.418 e. The molecular weight excluding hydrogens is 525 g/mol. The number of nitrogens with two attached hydrogens (primary N) is 1. The van der Waals surface area contributed by atoms with Crippen LogP contribution < -0.4 is 15.8 Å². The van der Waals surface area contributed by atoms with Gasteiger partial charge in [-0.15, -0.1) is 10.2 Å². The average molecular weight is 547 g/mol. The van der Waals surface area contributed by atoms with E-state index in [-0.39, 0.29) is 33.0 Å². The molecule has 1 heterocycles. The molecule has 0 atom stereocenters. The summed E-state index contributed by atoms with van der Waals surface area (Å²) in [7, 11) is 0. The van der Waals surface area contributed by atoms with Gasteiger partial charge in [0.1, 0.15) is 23.3 Å². The Hall–Kier alpha value is -3.65. The number of nitrogens with one attached hydrogen (secondary N) is 1. The zero-order valence-corrected chi connectivity index (χ0v) is 20.5. The van der Waals surface area contributed by atoms with Crippen LogP contribution in [0.5, 0.6) is 5.75 Å². The fourth-order valence-corrected chi connectivity index (χ4v) is 3.46. The first kappa shape index (κ1) is 26.0. The minimum atomic E-state index is -4.63. The Bertz CT molecular complexity index is 1270. The summed E-state index contributed by atoms with van der Waals surface area (Å²) >= 11 is 3.04. The maximum absolute atomic E-state index is 13.5. The number of benzene rings is 2. The minimum Gasteiger partial charge on any atom is -0.494 e. The number of aromatic nitrogens is 1. The van der Waals surface area contributed by atoms with E-state index in [1.807, 2.05) is 6.07 Å². The highest BCUT2D eigenvalue weighted by molar-refractivity contribution is 9.10. The summed E-state index contributed by atoms with van der Waals surface area (Å²) in [5.41, 5.74) is 5.70. The third-order valence-corrected chi connectivity index (χ3v) is 5.45. The van der Waals surface area contributed by atoms with Crippen molar-refractivity contribution in [3.63, 3.8) is 0 Å². The Morgan fingerprint density at radius 1 is 1.17 bits per heavy atom. The van der Waals surface area contributed by atoms with Crippen molar-refractivity contribution >= 4 is 44.6 Å². The molecule has 3 aromatic rings. The largest absolute Gasteiger partial charge is 0.494 e. The van der Waals surface area contributed by atoms with Crippen molar-refractivity contribution in [2.45, 2.75) is 32.9 Å². The van der Waals surface area contributed by atoms with Gasteiger partial charge in [0.2, 0.25) is 0 Å². The first-order valence-electron chi connectivity index (χ1n) is 10.6. The van der Waals surface area contributed by atoms with E-state index < -0.39 is 11.7 Å². The molecule has 3 N–H and O–H groups in total. The molecule has 35 heavy (non-hydrogen) atoms. The number of ether oxygens (including phenoxy) is 1. The quantitative estimate of drug-likeness (QED) is 0.220. The molecule has 182 valence electrons. The van der Waals surface area contributed by atoms with Crippen molar-refractivity contribution in [1.82, 2.24) is 4.98 Å². The predicted molar refractivity (Wildman–Crippen MR) is 132 cm³/mol. The van der Waals surface area contributed by atoms with Crippen LogP contribution in [0.25, 0.3) is 0 Å². The van der Waals surface area contributed by atoms with Crippen LogP contribution in [0.15, 0.2) is 57.2 Å². The van der Waals surface area contributed by atoms with Gasteiger partial charge < -0.3 is 15.8 Å². The van der Waals surface area contributed by atoms with Crippen LogP contribution in [-0.2, 0) is 6.18 Å². The van der Waals surface area contributed by atoms with Gasteiger partial charge in [-0.25, -0.2) is 4.98 Å². The van der Waals surface area contributed by atoms with E-state index in [9.17, 15) is 18.4 Å². The molecule has 0 bridgehead atoms. The molecule has 0 aliphatic rings. The molecule has 0 fully saturated rings. The van der Waals surface area contributed by atoms with Crippen molar-refractivity contribution in [2.75, 3.05) is 17.7 Å². The highest BCUT2D eigenvalue weighted by Gasteiger charge is 2.34. The third-order valence-electron chi connectivity index (χ3n) is 4.96. The Morgan fingerprint density at radius 2 is 1.89 bits per heavy atom. The number of nitrogens with zero attached hydrogens (tertiary/aromatic N) is 4. The van der Waals surface area contributed by atoms with Gasteiger partial charge in [-0.2, -0.15) is 18.4 Å². The second kappa shape index (κ2) is 11.2. The lowest BCUT2D eigenvalue weighted by Gasteiger charge is -2.14. The van der Waals surface area contributed by atoms with Crippen molar-refractivity contribution in [1.29, 1.82) is 5.26 Å². The summed E-state index contributed by atoms with van der Waals surface area (Å²) in [6.45, 7) is 4.26. The number of nitriles is 1. The maximum Gasteiger partial charge on any atom is 0.418 e. The van der Waals surface area contributed by atoms with Crippen molar-refractivity contribution < 1.29 is 17.9 Å². The van der Waals surface area contributed by atoms with E-state index in [0.717, 1.165) is 18.9 Å². The molecule has 0 unspecified atom stereocenters. The molecule has 0 amide bonds. The van der Waals surface area contributed by atoms with Crippen LogP contribution in [0.4, 0.5) is 41.9 Å². The van der Waals surface area contributed by atoms with E-state index in [1.54, 1.807) is 31.2 Å². The number of hydrogen-bond donors (Lipinski definition) is 2. The number of pyridine rings is 1. The van der Waals surface area contributed by atoms with E-state index in [0.29, 0.717) is 23.6 Å². The fraction of sp³-hybridized carbons (Fsp3) is 0.250. The monoisotopic (exact) mass is 546 g/mol. The topological polar surface area (TPSA) is 109 Å². The average Bonchev–Trinajstić information content (AvgIpc) is 2.80. The molecular formula is C24H22BrF3N6O. The lowest BCUT2D eigenvalue weighted by atomic mass is 10.1. The number of nitrogen functional groups attached to an aromatic ring is 1. The number of anilines is 3. The number of hydrogen-bond acceptors (Lipinski definition) is 7. The van der Waals surface area contributed by atoms with Crippen molar-refractivity contribution in [2.24, 2.45) is 10.2 Å². The fourth-order valence-electron chi connectivity index (χ4n) is 3.10. The molecule has 0 radical (unpaired) electrons. The first-order chi connectivity index (χ1) is 16.6. The maximum atomic E-state index is 13.5. The molecule has 3 rings (SSSR count). The van der Waals surface area contributed by atoms with Crippen LogP contribution in [0, 0.1) is 18.3 Å². The lowest BCUT2D eigenvalue weighted by molar-refractivity contribution is -0.137. The summed E-state index contributed by atoms with van der Waals surface area (Å²) in [4.78, 5) is 4.21. The zero-order valence-electron chi connectivity index (χ0n) is 18.9. The van der Waals surface area contributed by atoms with E-state index in [1.165, 1.54) is 12.1 Å².